The Labute approximate surface area is 193 Å². The number of epoxide rings is 1. The van der Waals surface area contributed by atoms with Crippen LogP contribution in [0.4, 0.5) is 0 Å². The molecule has 2 N–H and O–H groups in total. The van der Waals surface area contributed by atoms with Crippen LogP contribution in [-0.2, 0) is 9.47 Å². The van der Waals surface area contributed by atoms with Crippen molar-refractivity contribution in [1.82, 2.24) is 9.80 Å². The number of likely N-dealkylation sites (N-methyl/N-ethyl adjacent to an activating group) is 2. The molecule has 7 heterocycles. The number of piperidine rings is 2. The Morgan fingerprint density at radius 3 is 1.69 bits per heavy atom. The van der Waals surface area contributed by atoms with Crippen LogP contribution in [-0.4, -0.2) is 99.8 Å². The summed E-state index contributed by atoms with van der Waals surface area (Å²) in [6.45, 7) is 0. The van der Waals surface area contributed by atoms with Crippen molar-refractivity contribution in [1.29, 1.82) is 0 Å². The molecule has 0 amide bonds. The number of aliphatic hydroxyl groups is 2. The van der Waals surface area contributed by atoms with Gasteiger partial charge in [-0.25, -0.2) is 0 Å². The highest BCUT2D eigenvalue weighted by molar-refractivity contribution is 15.0. The van der Waals surface area contributed by atoms with Gasteiger partial charge in [0.25, 0.3) is 0 Å². The topological polar surface area (TPSA) is 68.7 Å². The standard InChI is InChI=1S/2C8H13NO2.CH3I.I2/c1-9-5-2-4-3-6(9)8(11-4)7(5)10;1-9-5-2-4(10)3-6(9)8-7(5)11-8;2*1-2/h2*4-8,10H,2-3H2,1H3;1H3;/t4?,5?,6?,7-,8?;;;/m0.../s1. The highest BCUT2D eigenvalue weighted by atomic mass is 128. The number of fused-ring (bicyclic) bond motifs is 5. The van der Waals surface area contributed by atoms with Crippen LogP contribution in [0.3, 0.4) is 0 Å². The molecule has 7 aliphatic heterocycles. The Balaban J connectivity index is 0.000000127. The molecule has 26 heavy (non-hydrogen) atoms. The molecule has 7 aliphatic rings. The largest absolute Gasteiger partial charge is 0.393 e. The maximum absolute atomic E-state index is 9.71. The molecule has 9 atom stereocenters. The fourth-order valence-corrected chi connectivity index (χ4v) is 5.63. The predicted octanol–water partition coefficient (Wildman–Crippen LogP) is 2.00. The lowest BCUT2D eigenvalue weighted by atomic mass is 10.00. The minimum atomic E-state index is -0.219. The van der Waals surface area contributed by atoms with Crippen LogP contribution in [0.2, 0.25) is 0 Å². The van der Waals surface area contributed by atoms with Crippen LogP contribution >= 0.6 is 59.8 Å². The molecule has 0 aromatic carbocycles. The Hall–Kier alpha value is 1.95. The number of rotatable bonds is 0. The lowest BCUT2D eigenvalue weighted by Gasteiger charge is -2.36. The summed E-state index contributed by atoms with van der Waals surface area (Å²) in [5, 5.41) is 19.2. The zero-order valence-electron chi connectivity index (χ0n) is 15.3. The van der Waals surface area contributed by atoms with E-state index in [4.69, 9.17) is 9.47 Å². The fourth-order valence-electron chi connectivity index (χ4n) is 5.63. The lowest BCUT2D eigenvalue weighted by Crippen LogP contribution is -2.46. The molecule has 152 valence electrons. The molecule has 6 nitrogen and oxygen atoms in total. The average molecular weight is 706 g/mol. The van der Waals surface area contributed by atoms with E-state index in [1.807, 2.05) is 4.93 Å². The number of alkyl halides is 1. The molecule has 7 rings (SSSR count). The van der Waals surface area contributed by atoms with Crippen LogP contribution in [0.5, 0.6) is 0 Å². The quantitative estimate of drug-likeness (QED) is 0.229. The number of halogens is 3. The van der Waals surface area contributed by atoms with Crippen molar-refractivity contribution in [3.8, 4) is 0 Å². The molecule has 7 saturated heterocycles. The van der Waals surface area contributed by atoms with Gasteiger partial charge < -0.3 is 19.7 Å². The molecule has 0 aromatic heterocycles. The van der Waals surface area contributed by atoms with Gasteiger partial charge in [-0.3, -0.25) is 9.80 Å². The molecule has 0 radical (unpaired) electrons. The summed E-state index contributed by atoms with van der Waals surface area (Å²) < 4.78 is 11.1. The monoisotopic (exact) mass is 706 g/mol. The maximum atomic E-state index is 9.71. The van der Waals surface area contributed by atoms with Crippen LogP contribution in [0.15, 0.2) is 0 Å². The zero-order valence-corrected chi connectivity index (χ0v) is 21.8. The summed E-state index contributed by atoms with van der Waals surface area (Å²) in [5.74, 6) is 0. The Morgan fingerprint density at radius 2 is 1.19 bits per heavy atom. The van der Waals surface area contributed by atoms with Gasteiger partial charge in [0.15, 0.2) is 0 Å². The highest BCUT2D eigenvalue weighted by Gasteiger charge is 2.62. The van der Waals surface area contributed by atoms with E-state index in [1.54, 1.807) is 0 Å². The summed E-state index contributed by atoms with van der Waals surface area (Å²) >= 11 is 6.39. The van der Waals surface area contributed by atoms with Gasteiger partial charge in [0.05, 0.1) is 18.3 Å². The van der Waals surface area contributed by atoms with Crippen molar-refractivity contribution in [3.63, 3.8) is 0 Å². The van der Waals surface area contributed by atoms with E-state index < -0.39 is 0 Å². The maximum Gasteiger partial charge on any atom is 0.101 e. The zero-order chi connectivity index (χ0) is 19.2. The van der Waals surface area contributed by atoms with E-state index >= 15 is 0 Å². The van der Waals surface area contributed by atoms with Gasteiger partial charge in [-0.15, -0.1) is 0 Å². The first kappa shape index (κ1) is 22.6. The summed E-state index contributed by atoms with van der Waals surface area (Å²) in [7, 11) is 4.25. The van der Waals surface area contributed by atoms with Gasteiger partial charge in [0.2, 0.25) is 0 Å². The molecule has 7 fully saturated rings. The second-order valence-corrected chi connectivity index (χ2v) is 7.98. The second-order valence-electron chi connectivity index (χ2n) is 7.98. The van der Waals surface area contributed by atoms with Gasteiger partial charge in [-0.1, -0.05) is 22.6 Å². The number of nitrogens with zero attached hydrogens (tertiary/aromatic N) is 2. The molecule has 6 bridgehead atoms. The summed E-state index contributed by atoms with van der Waals surface area (Å²) in [6, 6.07) is 1.91. The predicted molar refractivity (Wildman–Crippen MR) is 126 cm³/mol. The van der Waals surface area contributed by atoms with Gasteiger partial charge in [-0.2, -0.15) is 0 Å². The summed E-state index contributed by atoms with van der Waals surface area (Å²) in [5.41, 5.74) is 0. The average Bonchev–Trinajstić information content (AvgIpc) is 3.32. The van der Waals surface area contributed by atoms with Crippen molar-refractivity contribution in [2.75, 3.05) is 19.0 Å². The normalized spacial score (nSPS) is 52.2. The molecular formula is C17H29I3N2O4. The number of hydrogen-bond donors (Lipinski definition) is 2. The smallest absolute Gasteiger partial charge is 0.101 e. The van der Waals surface area contributed by atoms with Gasteiger partial charge >= 0.3 is 0 Å². The van der Waals surface area contributed by atoms with Gasteiger partial charge in [0, 0.05) is 61.4 Å². The second kappa shape index (κ2) is 9.40. The van der Waals surface area contributed by atoms with Crippen LogP contribution in [0.25, 0.3) is 0 Å². The minimum Gasteiger partial charge on any atom is -0.393 e. The van der Waals surface area contributed by atoms with E-state index in [-0.39, 0.29) is 18.3 Å². The summed E-state index contributed by atoms with van der Waals surface area (Å²) in [6.07, 6.45) is 5.20. The van der Waals surface area contributed by atoms with E-state index in [1.165, 1.54) is 0 Å². The summed E-state index contributed by atoms with van der Waals surface area (Å²) in [4.78, 5) is 6.64. The SMILES string of the molecule is CI.CN1C2CC(O)CC1C1OC12.CN1C2CC3CC1[C@H](O)C2O3.II. The van der Waals surface area contributed by atoms with Crippen LogP contribution < -0.4 is 0 Å². The minimum absolute atomic E-state index is 0.0717. The lowest BCUT2D eigenvalue weighted by molar-refractivity contribution is -0.0758. The van der Waals surface area contributed by atoms with Crippen molar-refractivity contribution < 1.29 is 19.7 Å². The number of aliphatic hydroxyl groups excluding tert-OH is 2. The molecule has 8 unspecified atom stereocenters. The molecule has 9 heteroatoms. The van der Waals surface area contributed by atoms with E-state index in [0.29, 0.717) is 42.5 Å². The molecule has 0 spiro atoms. The highest BCUT2D eigenvalue weighted by Crippen LogP contribution is 2.47. The molecule has 0 aliphatic carbocycles. The number of hydrogen-bond acceptors (Lipinski definition) is 6. The Kier molecular flexibility index (Phi) is 8.18. The van der Waals surface area contributed by atoms with Gasteiger partial charge in [0.1, 0.15) is 18.3 Å². The van der Waals surface area contributed by atoms with Crippen molar-refractivity contribution in [2.45, 2.75) is 86.5 Å². The molecule has 0 aromatic rings. The van der Waals surface area contributed by atoms with E-state index in [0.717, 1.165) is 25.7 Å². The molecular weight excluding hydrogens is 677 g/mol. The van der Waals surface area contributed by atoms with Gasteiger partial charge in [-0.05, 0) is 44.7 Å². The first-order chi connectivity index (χ1) is 12.5. The first-order valence-corrected chi connectivity index (χ1v) is 17.6. The van der Waals surface area contributed by atoms with E-state index in [9.17, 15) is 10.2 Å². The third kappa shape index (κ3) is 3.95. The van der Waals surface area contributed by atoms with Crippen molar-refractivity contribution in [3.05, 3.63) is 0 Å². The number of morpholine rings is 1. The third-order valence-corrected chi connectivity index (χ3v) is 6.91. The van der Waals surface area contributed by atoms with Crippen LogP contribution in [0.1, 0.15) is 25.7 Å². The van der Waals surface area contributed by atoms with Crippen LogP contribution in [0, 0.1) is 0 Å². The van der Waals surface area contributed by atoms with E-state index in [2.05, 4.69) is 83.7 Å². The Morgan fingerprint density at radius 1 is 0.731 bits per heavy atom. The number of ether oxygens (including phenoxy) is 2. The Bertz CT molecular complexity index is 451. The van der Waals surface area contributed by atoms with Crippen molar-refractivity contribution in [2.24, 2.45) is 0 Å². The fraction of sp³-hybridized carbons (Fsp3) is 1.00. The molecule has 0 saturated carbocycles. The van der Waals surface area contributed by atoms with Crippen molar-refractivity contribution >= 4 is 59.8 Å². The third-order valence-electron chi connectivity index (χ3n) is 6.91. The first-order valence-electron chi connectivity index (χ1n) is 9.17.